The molecule has 0 bridgehead atoms. The van der Waals surface area contributed by atoms with Crippen molar-refractivity contribution in [2.45, 2.75) is 25.4 Å². The van der Waals surface area contributed by atoms with E-state index in [1.54, 1.807) is 6.20 Å². The first-order valence-electron chi connectivity index (χ1n) is 5.94. The summed E-state index contributed by atoms with van der Waals surface area (Å²) in [7, 11) is 0. The summed E-state index contributed by atoms with van der Waals surface area (Å²) in [6.07, 6.45) is 2.31. The van der Waals surface area contributed by atoms with Crippen molar-refractivity contribution < 1.29 is 5.11 Å². The number of benzene rings is 1. The molecule has 1 aromatic carbocycles. The van der Waals surface area contributed by atoms with Gasteiger partial charge in [-0.3, -0.25) is 4.98 Å². The van der Waals surface area contributed by atoms with Gasteiger partial charge in [0.2, 0.25) is 0 Å². The average molecular weight is 225 g/mol. The van der Waals surface area contributed by atoms with Crippen molar-refractivity contribution in [2.75, 3.05) is 0 Å². The maximum atomic E-state index is 10.3. The minimum absolute atomic E-state index is 0.232. The third kappa shape index (κ3) is 1.75. The molecule has 1 N–H and O–H groups in total. The molecular formula is C15H15NO. The topological polar surface area (TPSA) is 33.1 Å². The summed E-state index contributed by atoms with van der Waals surface area (Å²) in [5, 5.41) is 10.3. The standard InChI is InChI=1S/C15H15NO/c1-10-6-7-12(9-16-10)15(17)14-8-11-4-2-3-5-13(11)14/h2-7,9,14-15,17H,8H2,1H3. The monoisotopic (exact) mass is 225 g/mol. The van der Waals surface area contributed by atoms with Crippen molar-refractivity contribution in [3.8, 4) is 0 Å². The molecule has 1 heterocycles. The number of hydrogen-bond acceptors (Lipinski definition) is 2. The van der Waals surface area contributed by atoms with E-state index in [1.807, 2.05) is 25.1 Å². The highest BCUT2D eigenvalue weighted by Gasteiger charge is 2.32. The molecule has 0 saturated carbocycles. The maximum absolute atomic E-state index is 10.3. The van der Waals surface area contributed by atoms with Gasteiger partial charge in [-0.15, -0.1) is 0 Å². The lowest BCUT2D eigenvalue weighted by Gasteiger charge is -2.33. The molecule has 0 aliphatic heterocycles. The van der Waals surface area contributed by atoms with E-state index in [0.717, 1.165) is 17.7 Å². The minimum atomic E-state index is -0.432. The molecule has 17 heavy (non-hydrogen) atoms. The van der Waals surface area contributed by atoms with E-state index < -0.39 is 6.10 Å². The second-order valence-electron chi connectivity index (χ2n) is 4.69. The van der Waals surface area contributed by atoms with E-state index in [2.05, 4.69) is 23.2 Å². The van der Waals surface area contributed by atoms with Gasteiger partial charge in [0.25, 0.3) is 0 Å². The van der Waals surface area contributed by atoms with Crippen molar-refractivity contribution in [1.29, 1.82) is 0 Å². The molecule has 0 fully saturated rings. The summed E-state index contributed by atoms with van der Waals surface area (Å²) >= 11 is 0. The molecule has 2 heteroatoms. The summed E-state index contributed by atoms with van der Waals surface area (Å²) in [6, 6.07) is 12.2. The van der Waals surface area contributed by atoms with Crippen molar-refractivity contribution in [3.05, 3.63) is 65.0 Å². The molecule has 2 nitrogen and oxygen atoms in total. The number of aromatic nitrogens is 1. The molecule has 1 aliphatic carbocycles. The molecule has 2 aromatic rings. The average Bonchev–Trinajstić information content (AvgIpc) is 2.31. The van der Waals surface area contributed by atoms with E-state index in [9.17, 15) is 5.11 Å². The first-order chi connectivity index (χ1) is 8.25. The van der Waals surface area contributed by atoms with Crippen molar-refractivity contribution in [3.63, 3.8) is 0 Å². The van der Waals surface area contributed by atoms with Crippen molar-refractivity contribution in [2.24, 2.45) is 0 Å². The number of aryl methyl sites for hydroxylation is 1. The molecule has 0 spiro atoms. The number of pyridine rings is 1. The molecule has 0 saturated heterocycles. The highest BCUT2D eigenvalue weighted by atomic mass is 16.3. The second kappa shape index (κ2) is 3.97. The Morgan fingerprint density at radius 1 is 1.24 bits per heavy atom. The fraction of sp³-hybridized carbons (Fsp3) is 0.267. The third-order valence-corrected chi connectivity index (χ3v) is 3.55. The van der Waals surface area contributed by atoms with Gasteiger partial charge in [0.1, 0.15) is 0 Å². The molecule has 2 atom stereocenters. The first kappa shape index (κ1) is 10.5. The molecule has 86 valence electrons. The largest absolute Gasteiger partial charge is 0.388 e. The van der Waals surface area contributed by atoms with Crippen LogP contribution >= 0.6 is 0 Å². The molecule has 2 unspecified atom stereocenters. The van der Waals surface area contributed by atoms with E-state index in [0.29, 0.717) is 0 Å². The van der Waals surface area contributed by atoms with Crippen LogP contribution in [0.2, 0.25) is 0 Å². The molecular weight excluding hydrogens is 210 g/mol. The van der Waals surface area contributed by atoms with E-state index in [-0.39, 0.29) is 5.92 Å². The van der Waals surface area contributed by atoms with E-state index in [1.165, 1.54) is 11.1 Å². The van der Waals surface area contributed by atoms with Gasteiger partial charge in [-0.2, -0.15) is 0 Å². The van der Waals surface area contributed by atoms with E-state index in [4.69, 9.17) is 0 Å². The second-order valence-corrected chi connectivity index (χ2v) is 4.69. The van der Waals surface area contributed by atoms with Gasteiger partial charge in [-0.1, -0.05) is 30.3 Å². The van der Waals surface area contributed by atoms with Gasteiger partial charge in [0.15, 0.2) is 0 Å². The molecule has 3 rings (SSSR count). The Labute approximate surface area is 101 Å². The number of nitrogens with zero attached hydrogens (tertiary/aromatic N) is 1. The van der Waals surface area contributed by atoms with Crippen molar-refractivity contribution >= 4 is 0 Å². The lowest BCUT2D eigenvalue weighted by Crippen LogP contribution is -2.23. The predicted molar refractivity (Wildman–Crippen MR) is 66.8 cm³/mol. The molecule has 0 amide bonds. The zero-order valence-electron chi connectivity index (χ0n) is 9.80. The number of aliphatic hydroxyl groups excluding tert-OH is 1. The Kier molecular flexibility index (Phi) is 2.45. The normalized spacial score (nSPS) is 19.3. The summed E-state index contributed by atoms with van der Waals surface area (Å²) in [5.74, 6) is 0.232. The Hall–Kier alpha value is -1.67. The molecule has 1 aromatic heterocycles. The SMILES string of the molecule is Cc1ccc(C(O)C2Cc3ccccc32)cn1. The van der Waals surface area contributed by atoms with Crippen LogP contribution in [0.4, 0.5) is 0 Å². The zero-order chi connectivity index (χ0) is 11.8. The van der Waals surface area contributed by atoms with Crippen LogP contribution in [0.5, 0.6) is 0 Å². The number of hydrogen-bond donors (Lipinski definition) is 1. The van der Waals surface area contributed by atoms with Crippen LogP contribution < -0.4 is 0 Å². The van der Waals surface area contributed by atoms with Crippen LogP contribution in [0.15, 0.2) is 42.6 Å². The van der Waals surface area contributed by atoms with Crippen LogP contribution in [0.1, 0.15) is 34.4 Å². The lowest BCUT2D eigenvalue weighted by molar-refractivity contribution is 0.134. The predicted octanol–water partition coefficient (Wildman–Crippen LogP) is 2.76. The zero-order valence-corrected chi connectivity index (χ0v) is 9.80. The lowest BCUT2D eigenvalue weighted by atomic mass is 9.73. The Bertz CT molecular complexity index is 533. The number of aliphatic hydroxyl groups is 1. The van der Waals surface area contributed by atoms with Gasteiger partial charge >= 0.3 is 0 Å². The van der Waals surface area contributed by atoms with Gasteiger partial charge in [-0.05, 0) is 36.1 Å². The Morgan fingerprint density at radius 3 is 2.76 bits per heavy atom. The molecule has 1 aliphatic rings. The Balaban J connectivity index is 1.86. The first-order valence-corrected chi connectivity index (χ1v) is 5.94. The van der Waals surface area contributed by atoms with Crippen LogP contribution in [0, 0.1) is 6.92 Å². The summed E-state index contributed by atoms with van der Waals surface area (Å²) in [6.45, 7) is 1.95. The minimum Gasteiger partial charge on any atom is -0.388 e. The highest BCUT2D eigenvalue weighted by Crippen LogP contribution is 2.43. The van der Waals surface area contributed by atoms with Gasteiger partial charge in [-0.25, -0.2) is 0 Å². The maximum Gasteiger partial charge on any atom is 0.0876 e. The Morgan fingerprint density at radius 2 is 2.06 bits per heavy atom. The number of rotatable bonds is 2. The van der Waals surface area contributed by atoms with Gasteiger partial charge in [0, 0.05) is 17.8 Å². The van der Waals surface area contributed by atoms with Crippen LogP contribution in [0.3, 0.4) is 0 Å². The molecule has 0 radical (unpaired) electrons. The summed E-state index contributed by atoms with van der Waals surface area (Å²) in [5.41, 5.74) is 4.53. The highest BCUT2D eigenvalue weighted by molar-refractivity contribution is 5.42. The summed E-state index contributed by atoms with van der Waals surface area (Å²) in [4.78, 5) is 4.24. The van der Waals surface area contributed by atoms with E-state index >= 15 is 0 Å². The van der Waals surface area contributed by atoms with Gasteiger partial charge < -0.3 is 5.11 Å². The fourth-order valence-electron chi connectivity index (χ4n) is 2.47. The number of fused-ring (bicyclic) bond motifs is 1. The van der Waals surface area contributed by atoms with Crippen LogP contribution in [0.25, 0.3) is 0 Å². The van der Waals surface area contributed by atoms with Gasteiger partial charge in [0.05, 0.1) is 6.10 Å². The smallest absolute Gasteiger partial charge is 0.0876 e. The van der Waals surface area contributed by atoms with Crippen LogP contribution in [-0.2, 0) is 6.42 Å². The summed E-state index contributed by atoms with van der Waals surface area (Å²) < 4.78 is 0. The quantitative estimate of drug-likeness (QED) is 0.852. The van der Waals surface area contributed by atoms with Crippen molar-refractivity contribution in [1.82, 2.24) is 4.98 Å². The third-order valence-electron chi connectivity index (χ3n) is 3.55. The van der Waals surface area contributed by atoms with Crippen LogP contribution in [-0.4, -0.2) is 10.1 Å². The fourth-order valence-corrected chi connectivity index (χ4v) is 2.47.